The van der Waals surface area contributed by atoms with E-state index in [2.05, 4.69) is 15.3 Å². The molecule has 0 aliphatic rings. The average molecular weight is 431 g/mol. The van der Waals surface area contributed by atoms with Gasteiger partial charge in [-0.15, -0.1) is 0 Å². The number of aromatic nitrogens is 2. The molecule has 0 spiro atoms. The number of hydrogen-bond donors (Lipinski definition) is 1. The number of benzene rings is 2. The van der Waals surface area contributed by atoms with Gasteiger partial charge < -0.3 is 24.4 Å². The van der Waals surface area contributed by atoms with E-state index in [1.165, 1.54) is 6.33 Å². The van der Waals surface area contributed by atoms with Crippen LogP contribution in [0, 0.1) is 0 Å². The normalized spacial score (nSPS) is 10.6. The highest BCUT2D eigenvalue weighted by atomic mass is 35.5. The van der Waals surface area contributed by atoms with E-state index in [0.29, 0.717) is 57.8 Å². The molecule has 0 saturated heterocycles. The van der Waals surface area contributed by atoms with Crippen molar-refractivity contribution in [3.8, 4) is 23.1 Å². The number of ether oxygens (including phenoxy) is 3. The van der Waals surface area contributed by atoms with E-state index in [9.17, 15) is 4.79 Å². The smallest absolute Gasteiger partial charge is 0.321 e. The van der Waals surface area contributed by atoms with E-state index in [1.807, 2.05) is 13.8 Å². The van der Waals surface area contributed by atoms with E-state index in [4.69, 9.17) is 25.8 Å². The van der Waals surface area contributed by atoms with Gasteiger partial charge in [-0.05, 0) is 32.0 Å². The van der Waals surface area contributed by atoms with Gasteiger partial charge in [0.05, 0.1) is 35.8 Å². The molecule has 0 unspecified atom stereocenters. The number of carbonyl (C=O) groups excluding carboxylic acids is 1. The number of anilines is 1. The zero-order valence-corrected chi connectivity index (χ0v) is 18.0. The number of nitrogens with zero attached hydrogens (tertiary/aromatic N) is 3. The second-order valence-electron chi connectivity index (χ2n) is 6.25. The summed E-state index contributed by atoms with van der Waals surface area (Å²) in [7, 11) is 3.11. The summed E-state index contributed by atoms with van der Waals surface area (Å²) in [6, 6.07) is 8.31. The maximum Gasteiger partial charge on any atom is 0.321 e. The third-order valence-electron chi connectivity index (χ3n) is 4.55. The fourth-order valence-corrected chi connectivity index (χ4v) is 3.14. The Morgan fingerprint density at radius 3 is 2.40 bits per heavy atom. The third-order valence-corrected chi connectivity index (χ3v) is 4.86. The lowest BCUT2D eigenvalue weighted by atomic mass is 10.2. The van der Waals surface area contributed by atoms with E-state index < -0.39 is 0 Å². The highest BCUT2D eigenvalue weighted by molar-refractivity contribution is 6.33. The highest BCUT2D eigenvalue weighted by Crippen LogP contribution is 2.36. The summed E-state index contributed by atoms with van der Waals surface area (Å²) in [6.07, 6.45) is 1.41. The van der Waals surface area contributed by atoms with Crippen molar-refractivity contribution in [1.82, 2.24) is 14.9 Å². The molecule has 0 fully saturated rings. The summed E-state index contributed by atoms with van der Waals surface area (Å²) >= 11 is 6.35. The Morgan fingerprint density at radius 2 is 1.77 bits per heavy atom. The van der Waals surface area contributed by atoms with E-state index in [1.54, 1.807) is 49.5 Å². The maximum atomic E-state index is 12.2. The molecule has 0 aliphatic heterocycles. The van der Waals surface area contributed by atoms with Crippen LogP contribution in [-0.2, 0) is 0 Å². The molecule has 9 heteroatoms. The number of methoxy groups -OCH3 is 2. The number of fused-ring (bicyclic) bond motifs is 1. The number of urea groups is 1. The minimum atomic E-state index is -0.210. The summed E-state index contributed by atoms with van der Waals surface area (Å²) in [6.45, 7) is 5.04. The molecule has 1 heterocycles. The molecule has 0 bridgehead atoms. The number of carbonyl (C=O) groups is 1. The second-order valence-corrected chi connectivity index (χ2v) is 6.66. The Morgan fingerprint density at radius 1 is 1.07 bits per heavy atom. The van der Waals surface area contributed by atoms with Crippen LogP contribution in [0.25, 0.3) is 10.9 Å². The van der Waals surface area contributed by atoms with Crippen molar-refractivity contribution in [1.29, 1.82) is 0 Å². The zero-order chi connectivity index (χ0) is 21.7. The number of halogens is 1. The fourth-order valence-electron chi connectivity index (χ4n) is 2.92. The molecule has 8 nitrogen and oxygen atoms in total. The molecular formula is C21H23ClN4O4. The summed E-state index contributed by atoms with van der Waals surface area (Å²) in [5.74, 6) is 1.91. The zero-order valence-electron chi connectivity index (χ0n) is 17.2. The summed E-state index contributed by atoms with van der Waals surface area (Å²) in [4.78, 5) is 22.4. The topological polar surface area (TPSA) is 85.8 Å². The number of nitrogens with one attached hydrogen (secondary N) is 1. The Balaban J connectivity index is 1.87. The number of rotatable bonds is 7. The molecule has 0 saturated carbocycles. The molecule has 2 amide bonds. The van der Waals surface area contributed by atoms with Gasteiger partial charge in [-0.1, -0.05) is 11.6 Å². The summed E-state index contributed by atoms with van der Waals surface area (Å²) in [5.41, 5.74) is 1.15. The SMILES string of the molecule is CCN(CC)C(=O)Nc1ccc(Oc2ncnc3cc(OC)c(OC)cc23)cc1Cl. The largest absolute Gasteiger partial charge is 0.493 e. The van der Waals surface area contributed by atoms with Gasteiger partial charge in [-0.2, -0.15) is 0 Å². The third kappa shape index (κ3) is 4.49. The van der Waals surface area contributed by atoms with Crippen molar-refractivity contribution >= 4 is 34.2 Å². The Bertz CT molecular complexity index is 1060. The van der Waals surface area contributed by atoms with Gasteiger partial charge in [0.25, 0.3) is 0 Å². The quantitative estimate of drug-likeness (QED) is 0.569. The van der Waals surface area contributed by atoms with Crippen LogP contribution in [0.15, 0.2) is 36.7 Å². The minimum absolute atomic E-state index is 0.210. The molecule has 0 atom stereocenters. The van der Waals surface area contributed by atoms with Gasteiger partial charge in [0.2, 0.25) is 5.88 Å². The molecule has 0 radical (unpaired) electrons. The molecule has 3 aromatic rings. The molecule has 1 N–H and O–H groups in total. The van der Waals surface area contributed by atoms with Crippen molar-refractivity contribution in [3.63, 3.8) is 0 Å². The lowest BCUT2D eigenvalue weighted by Crippen LogP contribution is -2.34. The van der Waals surface area contributed by atoms with Crippen molar-refractivity contribution < 1.29 is 19.0 Å². The molecule has 2 aromatic carbocycles. The van der Waals surface area contributed by atoms with Crippen LogP contribution in [-0.4, -0.2) is 48.2 Å². The van der Waals surface area contributed by atoms with E-state index >= 15 is 0 Å². The first-order chi connectivity index (χ1) is 14.5. The first kappa shape index (κ1) is 21.4. The average Bonchev–Trinajstić information content (AvgIpc) is 2.75. The Hall–Kier alpha value is -3.26. The molecule has 0 aliphatic carbocycles. The van der Waals surface area contributed by atoms with Gasteiger partial charge in [-0.3, -0.25) is 0 Å². The van der Waals surface area contributed by atoms with Gasteiger partial charge in [-0.25, -0.2) is 14.8 Å². The first-order valence-electron chi connectivity index (χ1n) is 9.40. The highest BCUT2D eigenvalue weighted by Gasteiger charge is 2.15. The van der Waals surface area contributed by atoms with Gasteiger partial charge in [0, 0.05) is 25.2 Å². The van der Waals surface area contributed by atoms with Crippen molar-refractivity contribution in [3.05, 3.63) is 41.7 Å². The summed E-state index contributed by atoms with van der Waals surface area (Å²) in [5, 5.41) is 3.81. The molecule has 3 rings (SSSR count). The fraction of sp³-hybridized carbons (Fsp3) is 0.286. The minimum Gasteiger partial charge on any atom is -0.493 e. The van der Waals surface area contributed by atoms with Crippen LogP contribution in [0.4, 0.5) is 10.5 Å². The van der Waals surface area contributed by atoms with Crippen LogP contribution in [0.3, 0.4) is 0 Å². The maximum absolute atomic E-state index is 12.2. The van der Waals surface area contributed by atoms with Crippen LogP contribution in [0.2, 0.25) is 5.02 Å². The predicted molar refractivity (Wildman–Crippen MR) is 116 cm³/mol. The van der Waals surface area contributed by atoms with Crippen molar-refractivity contribution in [2.24, 2.45) is 0 Å². The molecule has 30 heavy (non-hydrogen) atoms. The molecule has 1 aromatic heterocycles. The van der Waals surface area contributed by atoms with Crippen LogP contribution >= 0.6 is 11.6 Å². The van der Waals surface area contributed by atoms with E-state index in [0.717, 1.165) is 0 Å². The van der Waals surface area contributed by atoms with Crippen LogP contribution in [0.5, 0.6) is 23.1 Å². The number of hydrogen-bond acceptors (Lipinski definition) is 6. The number of amides is 2. The van der Waals surface area contributed by atoms with Crippen LogP contribution in [0.1, 0.15) is 13.8 Å². The summed E-state index contributed by atoms with van der Waals surface area (Å²) < 4.78 is 16.6. The van der Waals surface area contributed by atoms with Crippen LogP contribution < -0.4 is 19.5 Å². The molecular weight excluding hydrogens is 408 g/mol. The lowest BCUT2D eigenvalue weighted by molar-refractivity contribution is 0.217. The van der Waals surface area contributed by atoms with Gasteiger partial charge in [0.15, 0.2) is 11.5 Å². The van der Waals surface area contributed by atoms with Crippen molar-refractivity contribution in [2.75, 3.05) is 32.6 Å². The first-order valence-corrected chi connectivity index (χ1v) is 9.78. The second kappa shape index (κ2) is 9.49. The van der Waals surface area contributed by atoms with Gasteiger partial charge in [0.1, 0.15) is 12.1 Å². The van der Waals surface area contributed by atoms with E-state index in [-0.39, 0.29) is 6.03 Å². The standard InChI is InChI=1S/C21H23ClN4O4/c1-5-26(6-2)21(27)25-16-8-7-13(9-15(16)22)30-20-14-10-18(28-3)19(29-4)11-17(14)23-12-24-20/h7-12H,5-6H2,1-4H3,(H,25,27). The Labute approximate surface area is 179 Å². The lowest BCUT2D eigenvalue weighted by Gasteiger charge is -2.19. The monoisotopic (exact) mass is 430 g/mol. The van der Waals surface area contributed by atoms with Crippen molar-refractivity contribution in [2.45, 2.75) is 13.8 Å². The Kier molecular flexibility index (Phi) is 6.79. The molecule has 158 valence electrons. The predicted octanol–water partition coefficient (Wildman–Crippen LogP) is 4.97. The van der Waals surface area contributed by atoms with Gasteiger partial charge >= 0.3 is 6.03 Å².